The van der Waals surface area contributed by atoms with Gasteiger partial charge in [-0.25, -0.2) is 4.79 Å². The Balaban J connectivity index is 2.46. The van der Waals surface area contributed by atoms with Gasteiger partial charge in [-0.15, -0.1) is 0 Å². The van der Waals surface area contributed by atoms with Crippen LogP contribution in [0.2, 0.25) is 0 Å². The van der Waals surface area contributed by atoms with E-state index in [2.05, 4.69) is 21.2 Å². The zero-order valence-electron chi connectivity index (χ0n) is 7.27. The molecule has 1 atom stereocenters. The number of hydrogen-bond acceptors (Lipinski definition) is 3. The third-order valence-corrected chi connectivity index (χ3v) is 2.16. The Morgan fingerprint density at radius 3 is 2.50 bits per heavy atom. The lowest BCUT2D eigenvalue weighted by atomic mass is 10.3. The number of aliphatic hydroxyl groups excluding tert-OH is 1. The molecule has 0 aliphatic rings. The highest BCUT2D eigenvalue weighted by Crippen LogP contribution is 2.13. The summed E-state index contributed by atoms with van der Waals surface area (Å²) in [4.78, 5) is 10.3. The summed E-state index contributed by atoms with van der Waals surface area (Å²) in [6.45, 7) is -0.00301. The number of rotatable bonds is 4. The first-order valence-electron chi connectivity index (χ1n) is 4.00. The Labute approximate surface area is 89.7 Å². The highest BCUT2D eigenvalue weighted by atomic mass is 79.9. The highest BCUT2D eigenvalue weighted by molar-refractivity contribution is 9.10. The summed E-state index contributed by atoms with van der Waals surface area (Å²) in [7, 11) is 0. The van der Waals surface area contributed by atoms with E-state index in [1.807, 2.05) is 12.1 Å². The molecule has 0 radical (unpaired) electrons. The van der Waals surface area contributed by atoms with Crippen LogP contribution in [0.15, 0.2) is 28.7 Å². The van der Waals surface area contributed by atoms with Crippen molar-refractivity contribution in [3.05, 3.63) is 28.7 Å². The van der Waals surface area contributed by atoms with Crippen LogP contribution in [0.4, 0.5) is 5.69 Å². The molecule has 0 bridgehead atoms. The molecule has 0 saturated heterocycles. The molecule has 14 heavy (non-hydrogen) atoms. The second-order valence-corrected chi connectivity index (χ2v) is 3.66. The van der Waals surface area contributed by atoms with Gasteiger partial charge in [0.2, 0.25) is 0 Å². The van der Waals surface area contributed by atoms with Crippen LogP contribution in [0.3, 0.4) is 0 Å². The number of benzene rings is 1. The summed E-state index contributed by atoms with van der Waals surface area (Å²) in [5.41, 5.74) is 0.772. The molecule has 4 nitrogen and oxygen atoms in total. The van der Waals surface area contributed by atoms with Crippen LogP contribution in [-0.2, 0) is 4.79 Å². The van der Waals surface area contributed by atoms with E-state index < -0.39 is 12.1 Å². The molecule has 0 aliphatic carbocycles. The van der Waals surface area contributed by atoms with Gasteiger partial charge in [0, 0.05) is 10.2 Å². The van der Waals surface area contributed by atoms with Gasteiger partial charge in [-0.3, -0.25) is 0 Å². The van der Waals surface area contributed by atoms with E-state index in [0.29, 0.717) is 0 Å². The molecule has 5 heteroatoms. The number of aliphatic carboxylic acids is 1. The fourth-order valence-electron chi connectivity index (χ4n) is 0.870. The summed E-state index contributed by atoms with van der Waals surface area (Å²) in [6, 6.07) is 7.24. The second-order valence-electron chi connectivity index (χ2n) is 2.74. The van der Waals surface area contributed by atoms with E-state index in [1.54, 1.807) is 12.1 Å². The monoisotopic (exact) mass is 259 g/mol. The molecule has 0 aliphatic heterocycles. The molecule has 0 heterocycles. The minimum atomic E-state index is -1.38. The van der Waals surface area contributed by atoms with Crippen molar-refractivity contribution in [1.29, 1.82) is 0 Å². The van der Waals surface area contributed by atoms with Gasteiger partial charge in [0.05, 0.1) is 6.54 Å². The molecular weight excluding hydrogens is 250 g/mol. The number of aliphatic hydroxyl groups is 1. The van der Waals surface area contributed by atoms with E-state index >= 15 is 0 Å². The smallest absolute Gasteiger partial charge is 0.334 e. The standard InChI is InChI=1S/C9H10BrNO3/c10-6-1-3-7(4-2-6)11-5-8(12)9(13)14/h1-4,8,11-12H,5H2,(H,13,14). The number of halogens is 1. The molecule has 76 valence electrons. The Kier molecular flexibility index (Phi) is 3.91. The molecule has 0 aromatic heterocycles. The molecule has 0 fully saturated rings. The fraction of sp³-hybridized carbons (Fsp3) is 0.222. The SMILES string of the molecule is O=C(O)C(O)CNc1ccc(Br)cc1. The minimum Gasteiger partial charge on any atom is -0.479 e. The van der Waals surface area contributed by atoms with Crippen molar-refractivity contribution in [3.63, 3.8) is 0 Å². The first-order chi connectivity index (χ1) is 6.59. The zero-order valence-corrected chi connectivity index (χ0v) is 8.86. The van der Waals surface area contributed by atoms with Crippen molar-refractivity contribution < 1.29 is 15.0 Å². The topological polar surface area (TPSA) is 69.6 Å². The van der Waals surface area contributed by atoms with Crippen LogP contribution in [0.5, 0.6) is 0 Å². The molecule has 0 saturated carbocycles. The van der Waals surface area contributed by atoms with E-state index in [0.717, 1.165) is 10.2 Å². The fourth-order valence-corrected chi connectivity index (χ4v) is 1.13. The van der Waals surface area contributed by atoms with Gasteiger partial charge in [-0.2, -0.15) is 0 Å². The van der Waals surface area contributed by atoms with Crippen molar-refractivity contribution in [1.82, 2.24) is 0 Å². The highest BCUT2D eigenvalue weighted by Gasteiger charge is 2.11. The Hall–Kier alpha value is -1.07. The summed E-state index contributed by atoms with van der Waals surface area (Å²) >= 11 is 3.28. The maximum Gasteiger partial charge on any atom is 0.334 e. The number of anilines is 1. The number of nitrogens with one attached hydrogen (secondary N) is 1. The molecule has 1 aromatic rings. The van der Waals surface area contributed by atoms with Crippen molar-refractivity contribution in [3.8, 4) is 0 Å². The van der Waals surface area contributed by atoms with Crippen molar-refractivity contribution >= 4 is 27.6 Å². The molecule has 1 rings (SSSR count). The molecule has 3 N–H and O–H groups in total. The van der Waals surface area contributed by atoms with Gasteiger partial charge in [-0.1, -0.05) is 15.9 Å². The predicted molar refractivity (Wildman–Crippen MR) is 56.3 cm³/mol. The third kappa shape index (κ3) is 3.35. The van der Waals surface area contributed by atoms with Gasteiger partial charge in [0.15, 0.2) is 6.10 Å². The number of carboxylic acid groups (broad SMARTS) is 1. The van der Waals surface area contributed by atoms with Crippen LogP contribution in [-0.4, -0.2) is 28.8 Å². The van der Waals surface area contributed by atoms with Crippen LogP contribution in [0, 0.1) is 0 Å². The van der Waals surface area contributed by atoms with E-state index in [1.165, 1.54) is 0 Å². The zero-order chi connectivity index (χ0) is 10.6. The van der Waals surface area contributed by atoms with E-state index in [4.69, 9.17) is 10.2 Å². The maximum atomic E-state index is 10.3. The average molecular weight is 260 g/mol. The predicted octanol–water partition coefficient (Wildman–Crippen LogP) is 1.31. The second kappa shape index (κ2) is 4.97. The normalized spacial score (nSPS) is 12.1. The van der Waals surface area contributed by atoms with E-state index in [-0.39, 0.29) is 6.54 Å². The summed E-state index contributed by atoms with van der Waals surface area (Å²) in [5.74, 6) is -1.23. The minimum absolute atomic E-state index is 0.00301. The molecule has 0 spiro atoms. The molecule has 0 amide bonds. The Morgan fingerprint density at radius 2 is 2.00 bits per heavy atom. The first-order valence-corrected chi connectivity index (χ1v) is 4.79. The molecule has 1 aromatic carbocycles. The maximum absolute atomic E-state index is 10.3. The third-order valence-electron chi connectivity index (χ3n) is 1.63. The Morgan fingerprint density at radius 1 is 1.43 bits per heavy atom. The van der Waals surface area contributed by atoms with Crippen LogP contribution in [0.1, 0.15) is 0 Å². The first kappa shape index (κ1) is 11.0. The number of carbonyl (C=O) groups is 1. The van der Waals surface area contributed by atoms with Crippen LogP contribution >= 0.6 is 15.9 Å². The lowest BCUT2D eigenvalue weighted by Crippen LogP contribution is -2.28. The largest absolute Gasteiger partial charge is 0.479 e. The Bertz CT molecular complexity index is 312. The summed E-state index contributed by atoms with van der Waals surface area (Å²) in [6.07, 6.45) is -1.38. The van der Waals surface area contributed by atoms with Crippen molar-refractivity contribution in [2.45, 2.75) is 6.10 Å². The van der Waals surface area contributed by atoms with E-state index in [9.17, 15) is 4.79 Å². The number of carboxylic acids is 1. The van der Waals surface area contributed by atoms with Crippen molar-refractivity contribution in [2.75, 3.05) is 11.9 Å². The van der Waals surface area contributed by atoms with Crippen molar-refractivity contribution in [2.24, 2.45) is 0 Å². The van der Waals surface area contributed by atoms with Gasteiger partial charge in [0.25, 0.3) is 0 Å². The van der Waals surface area contributed by atoms with Gasteiger partial charge >= 0.3 is 5.97 Å². The molecular formula is C9H10BrNO3. The van der Waals surface area contributed by atoms with Crippen LogP contribution < -0.4 is 5.32 Å². The lowest BCUT2D eigenvalue weighted by molar-refractivity contribution is -0.145. The van der Waals surface area contributed by atoms with Gasteiger partial charge < -0.3 is 15.5 Å². The lowest BCUT2D eigenvalue weighted by Gasteiger charge is -2.08. The quantitative estimate of drug-likeness (QED) is 0.763. The molecule has 1 unspecified atom stereocenters. The summed E-state index contributed by atoms with van der Waals surface area (Å²) in [5, 5.41) is 20.2. The average Bonchev–Trinajstić information content (AvgIpc) is 2.16. The van der Waals surface area contributed by atoms with Gasteiger partial charge in [0.1, 0.15) is 0 Å². The van der Waals surface area contributed by atoms with Gasteiger partial charge in [-0.05, 0) is 24.3 Å². The summed E-state index contributed by atoms with van der Waals surface area (Å²) < 4.78 is 0.946. The number of hydrogen-bond donors (Lipinski definition) is 3. The van der Waals surface area contributed by atoms with Crippen LogP contribution in [0.25, 0.3) is 0 Å².